The SMILES string of the molecule is COC(=O)c1cc(OC)c(OC)cc1NS(=O)(=O)c1ccc(OC)c(C(=O)N2CCCCCC2)c1. The third-order valence-corrected chi connectivity index (χ3v) is 7.14. The lowest BCUT2D eigenvalue weighted by atomic mass is 10.1. The molecule has 1 saturated heterocycles. The molecule has 190 valence electrons. The molecule has 0 spiro atoms. The van der Waals surface area contributed by atoms with Crippen LogP contribution in [0.25, 0.3) is 0 Å². The van der Waals surface area contributed by atoms with E-state index in [9.17, 15) is 18.0 Å². The summed E-state index contributed by atoms with van der Waals surface area (Å²) in [6.07, 6.45) is 3.88. The maximum absolute atomic E-state index is 13.3. The van der Waals surface area contributed by atoms with Crippen molar-refractivity contribution in [1.29, 1.82) is 0 Å². The van der Waals surface area contributed by atoms with Crippen molar-refractivity contribution >= 4 is 27.6 Å². The minimum atomic E-state index is -4.22. The highest BCUT2D eigenvalue weighted by molar-refractivity contribution is 7.92. The van der Waals surface area contributed by atoms with Gasteiger partial charge in [-0.05, 0) is 31.0 Å². The monoisotopic (exact) mass is 506 g/mol. The molecule has 0 atom stereocenters. The third kappa shape index (κ3) is 5.79. The van der Waals surface area contributed by atoms with E-state index in [1.807, 2.05) is 0 Å². The summed E-state index contributed by atoms with van der Waals surface area (Å²) in [5, 5.41) is 0. The van der Waals surface area contributed by atoms with Crippen LogP contribution in [0.2, 0.25) is 0 Å². The van der Waals surface area contributed by atoms with Crippen LogP contribution in [0.3, 0.4) is 0 Å². The van der Waals surface area contributed by atoms with Crippen molar-refractivity contribution in [2.24, 2.45) is 0 Å². The molecule has 2 aromatic rings. The molecule has 10 nitrogen and oxygen atoms in total. The molecule has 0 saturated carbocycles. The van der Waals surface area contributed by atoms with Gasteiger partial charge in [0, 0.05) is 25.2 Å². The zero-order valence-electron chi connectivity index (χ0n) is 20.3. The Morgan fingerprint density at radius 3 is 1.97 bits per heavy atom. The zero-order chi connectivity index (χ0) is 25.6. The van der Waals surface area contributed by atoms with Crippen molar-refractivity contribution in [3.8, 4) is 17.2 Å². The maximum Gasteiger partial charge on any atom is 0.340 e. The lowest BCUT2D eigenvalue weighted by molar-refractivity contribution is 0.0601. The van der Waals surface area contributed by atoms with E-state index in [0.717, 1.165) is 25.7 Å². The zero-order valence-corrected chi connectivity index (χ0v) is 21.1. The second-order valence-corrected chi connectivity index (χ2v) is 9.60. The molecular formula is C24H30N2O8S. The molecule has 0 aromatic heterocycles. The minimum Gasteiger partial charge on any atom is -0.496 e. The number of hydrogen-bond acceptors (Lipinski definition) is 8. The van der Waals surface area contributed by atoms with E-state index in [1.165, 1.54) is 58.8 Å². The topological polar surface area (TPSA) is 120 Å². The van der Waals surface area contributed by atoms with Crippen LogP contribution in [0, 0.1) is 0 Å². The molecular weight excluding hydrogens is 476 g/mol. The predicted molar refractivity (Wildman–Crippen MR) is 129 cm³/mol. The fraction of sp³-hybridized carbons (Fsp3) is 0.417. The average molecular weight is 507 g/mol. The number of rotatable bonds is 8. The molecule has 0 unspecified atom stereocenters. The molecule has 35 heavy (non-hydrogen) atoms. The quantitative estimate of drug-likeness (QED) is 0.542. The van der Waals surface area contributed by atoms with Gasteiger partial charge in [-0.25, -0.2) is 13.2 Å². The number of nitrogens with one attached hydrogen (secondary N) is 1. The summed E-state index contributed by atoms with van der Waals surface area (Å²) in [7, 11) is 1.16. The molecule has 2 aromatic carbocycles. The van der Waals surface area contributed by atoms with Crippen molar-refractivity contribution in [1.82, 2.24) is 4.90 Å². The molecule has 1 fully saturated rings. The summed E-state index contributed by atoms with van der Waals surface area (Å²) < 4.78 is 49.6. The van der Waals surface area contributed by atoms with Crippen LogP contribution >= 0.6 is 0 Å². The van der Waals surface area contributed by atoms with E-state index in [0.29, 0.717) is 13.1 Å². The number of hydrogen-bond donors (Lipinski definition) is 1. The number of carbonyl (C=O) groups excluding carboxylic acids is 2. The normalized spacial score (nSPS) is 14.0. The Kier molecular flexibility index (Phi) is 8.44. The van der Waals surface area contributed by atoms with Crippen LogP contribution in [0.1, 0.15) is 46.4 Å². The smallest absolute Gasteiger partial charge is 0.340 e. The summed E-state index contributed by atoms with van der Waals surface area (Å²) in [5.41, 5.74) is 0.0200. The summed E-state index contributed by atoms with van der Waals surface area (Å²) in [4.78, 5) is 27.1. The van der Waals surface area contributed by atoms with E-state index >= 15 is 0 Å². The van der Waals surface area contributed by atoms with Crippen LogP contribution < -0.4 is 18.9 Å². The minimum absolute atomic E-state index is 0.0642. The Labute approximate surface area is 205 Å². The number of esters is 1. The van der Waals surface area contributed by atoms with E-state index in [2.05, 4.69) is 4.72 Å². The number of ether oxygens (including phenoxy) is 4. The van der Waals surface area contributed by atoms with Gasteiger partial charge in [-0.3, -0.25) is 9.52 Å². The molecule has 1 heterocycles. The van der Waals surface area contributed by atoms with Crippen molar-refractivity contribution in [2.75, 3.05) is 46.3 Å². The molecule has 0 radical (unpaired) electrons. The number of amides is 1. The third-order valence-electron chi connectivity index (χ3n) is 5.78. The maximum atomic E-state index is 13.3. The van der Waals surface area contributed by atoms with Gasteiger partial charge >= 0.3 is 5.97 Å². The largest absolute Gasteiger partial charge is 0.496 e. The average Bonchev–Trinajstić information content (AvgIpc) is 3.16. The second kappa shape index (κ2) is 11.3. The van der Waals surface area contributed by atoms with Crippen molar-refractivity contribution in [2.45, 2.75) is 30.6 Å². The van der Waals surface area contributed by atoms with Gasteiger partial charge in [-0.15, -0.1) is 0 Å². The number of carbonyl (C=O) groups is 2. The highest BCUT2D eigenvalue weighted by Crippen LogP contribution is 2.35. The van der Waals surface area contributed by atoms with E-state index in [-0.39, 0.29) is 44.9 Å². The molecule has 3 rings (SSSR count). The second-order valence-electron chi connectivity index (χ2n) is 7.92. The van der Waals surface area contributed by atoms with Crippen molar-refractivity contribution < 1.29 is 37.0 Å². The summed E-state index contributed by atoms with van der Waals surface area (Å²) >= 11 is 0. The van der Waals surface area contributed by atoms with Gasteiger partial charge in [-0.1, -0.05) is 12.8 Å². The van der Waals surface area contributed by atoms with Crippen LogP contribution in [0.5, 0.6) is 17.2 Å². The lowest BCUT2D eigenvalue weighted by Crippen LogP contribution is -2.32. The van der Waals surface area contributed by atoms with Crippen LogP contribution in [-0.4, -0.2) is 66.7 Å². The van der Waals surface area contributed by atoms with Gasteiger partial charge in [0.1, 0.15) is 5.75 Å². The molecule has 11 heteroatoms. The highest BCUT2D eigenvalue weighted by atomic mass is 32.2. The first kappa shape index (κ1) is 26.1. The van der Waals surface area contributed by atoms with Gasteiger partial charge in [-0.2, -0.15) is 0 Å². The first-order chi connectivity index (χ1) is 16.7. The van der Waals surface area contributed by atoms with E-state index < -0.39 is 16.0 Å². The fourth-order valence-corrected chi connectivity index (χ4v) is 5.01. The Hall–Kier alpha value is -3.47. The standard InChI is InChI=1S/C24H30N2O8S/c1-31-20-10-9-16(13-18(20)23(27)26-11-7-5-6-8-12-26)35(29,30)25-19-15-22(33-3)21(32-2)14-17(19)24(28)34-4/h9-10,13-15,25H,5-8,11-12H2,1-4H3. The summed E-state index contributed by atoms with van der Waals surface area (Å²) in [6.45, 7) is 1.21. The first-order valence-electron chi connectivity index (χ1n) is 11.1. The Balaban J connectivity index is 2.02. The molecule has 1 aliphatic rings. The summed E-state index contributed by atoms with van der Waals surface area (Å²) in [5.74, 6) is -0.340. The van der Waals surface area contributed by atoms with Gasteiger partial charge in [0.15, 0.2) is 11.5 Å². The van der Waals surface area contributed by atoms with Crippen LogP contribution in [0.15, 0.2) is 35.2 Å². The van der Waals surface area contributed by atoms with Gasteiger partial charge in [0.2, 0.25) is 0 Å². The van der Waals surface area contributed by atoms with Crippen molar-refractivity contribution in [3.63, 3.8) is 0 Å². The molecule has 0 bridgehead atoms. The number of anilines is 1. The highest BCUT2D eigenvalue weighted by Gasteiger charge is 2.26. The van der Waals surface area contributed by atoms with Crippen LogP contribution in [0.4, 0.5) is 5.69 Å². The van der Waals surface area contributed by atoms with Crippen LogP contribution in [-0.2, 0) is 14.8 Å². The number of methoxy groups -OCH3 is 4. The summed E-state index contributed by atoms with van der Waals surface area (Å²) in [6, 6.07) is 6.71. The number of likely N-dealkylation sites (tertiary alicyclic amines) is 1. The first-order valence-corrected chi connectivity index (χ1v) is 12.6. The molecule has 1 amide bonds. The Morgan fingerprint density at radius 2 is 1.40 bits per heavy atom. The predicted octanol–water partition coefficient (Wildman–Crippen LogP) is 3.32. The number of sulfonamides is 1. The number of benzene rings is 2. The Bertz CT molecular complexity index is 1190. The van der Waals surface area contributed by atoms with Gasteiger partial charge < -0.3 is 23.8 Å². The lowest BCUT2D eigenvalue weighted by Gasteiger charge is -2.22. The number of nitrogens with zero attached hydrogens (tertiary/aromatic N) is 1. The molecule has 1 aliphatic heterocycles. The fourth-order valence-electron chi connectivity index (χ4n) is 3.91. The van der Waals surface area contributed by atoms with Gasteiger partial charge in [0.25, 0.3) is 15.9 Å². The van der Waals surface area contributed by atoms with E-state index in [1.54, 1.807) is 4.90 Å². The van der Waals surface area contributed by atoms with Gasteiger partial charge in [0.05, 0.1) is 50.1 Å². The molecule has 1 N–H and O–H groups in total. The molecule has 0 aliphatic carbocycles. The van der Waals surface area contributed by atoms with Crippen molar-refractivity contribution in [3.05, 3.63) is 41.5 Å². The van der Waals surface area contributed by atoms with E-state index in [4.69, 9.17) is 18.9 Å². The Morgan fingerprint density at radius 1 is 0.800 bits per heavy atom.